The fraction of sp³-hybridized carbons (Fsp3) is 0.235. The van der Waals surface area contributed by atoms with E-state index in [1.54, 1.807) is 12.1 Å². The molecule has 4 heteroatoms. The number of nitrogens with two attached hydrogens (primary N) is 1. The Bertz CT molecular complexity index is 655. The molecule has 0 bridgehead atoms. The molecular weight excluding hydrogens is 264 g/mol. The molecule has 1 saturated heterocycles. The molecule has 0 aromatic heterocycles. The van der Waals surface area contributed by atoms with Gasteiger partial charge in [0.2, 0.25) is 0 Å². The summed E-state index contributed by atoms with van der Waals surface area (Å²) in [5, 5.41) is 9.16. The van der Waals surface area contributed by atoms with Gasteiger partial charge < -0.3 is 15.7 Å². The number of nitrogens with zero attached hydrogens (tertiary/aromatic N) is 1. The number of aromatic carboxylic acids is 1. The number of anilines is 2. The Morgan fingerprint density at radius 1 is 1.14 bits per heavy atom. The van der Waals surface area contributed by atoms with Crippen LogP contribution in [0.25, 0.3) is 0 Å². The van der Waals surface area contributed by atoms with E-state index in [0.29, 0.717) is 11.6 Å². The van der Waals surface area contributed by atoms with E-state index in [1.807, 2.05) is 12.1 Å². The van der Waals surface area contributed by atoms with Crippen LogP contribution in [0.2, 0.25) is 0 Å². The minimum absolute atomic E-state index is 0.177. The molecule has 0 aliphatic carbocycles. The first-order valence-corrected chi connectivity index (χ1v) is 7.08. The molecule has 4 nitrogen and oxygen atoms in total. The number of hydrogen-bond acceptors (Lipinski definition) is 3. The number of rotatable bonds is 3. The second-order valence-electron chi connectivity index (χ2n) is 5.39. The first-order valence-electron chi connectivity index (χ1n) is 7.08. The summed E-state index contributed by atoms with van der Waals surface area (Å²) in [6.45, 7) is 1.77. The van der Waals surface area contributed by atoms with Crippen LogP contribution in [0.15, 0.2) is 48.5 Å². The molecule has 0 saturated carbocycles. The van der Waals surface area contributed by atoms with Crippen LogP contribution in [0.4, 0.5) is 11.4 Å². The Hall–Kier alpha value is -2.49. The smallest absolute Gasteiger partial charge is 0.337 e. The van der Waals surface area contributed by atoms with E-state index in [0.717, 1.165) is 25.2 Å². The molecule has 3 rings (SSSR count). The van der Waals surface area contributed by atoms with Gasteiger partial charge in [0.05, 0.1) is 16.9 Å². The molecule has 1 aliphatic rings. The Morgan fingerprint density at radius 3 is 2.62 bits per heavy atom. The molecule has 1 fully saturated rings. The Kier molecular flexibility index (Phi) is 3.52. The molecule has 3 N–H and O–H groups in total. The number of nitrogen functional groups attached to an aromatic ring is 1. The molecule has 1 aliphatic heterocycles. The van der Waals surface area contributed by atoms with Crippen molar-refractivity contribution in [3.05, 3.63) is 59.7 Å². The average molecular weight is 282 g/mol. The zero-order valence-corrected chi connectivity index (χ0v) is 11.7. The van der Waals surface area contributed by atoms with Gasteiger partial charge in [-0.2, -0.15) is 0 Å². The quantitative estimate of drug-likeness (QED) is 0.849. The van der Waals surface area contributed by atoms with E-state index in [-0.39, 0.29) is 5.56 Å². The molecular formula is C17H18N2O2. The zero-order chi connectivity index (χ0) is 14.8. The Balaban J connectivity index is 1.84. The Morgan fingerprint density at radius 2 is 1.90 bits per heavy atom. The number of carboxylic acids is 1. The highest BCUT2D eigenvalue weighted by molar-refractivity contribution is 5.97. The number of hydrogen-bond donors (Lipinski definition) is 2. The van der Waals surface area contributed by atoms with E-state index in [2.05, 4.69) is 29.2 Å². The predicted molar refractivity (Wildman–Crippen MR) is 83.8 cm³/mol. The van der Waals surface area contributed by atoms with Gasteiger partial charge in [0, 0.05) is 19.0 Å². The summed E-state index contributed by atoms with van der Waals surface area (Å²) in [6.07, 6.45) is 1.06. The van der Waals surface area contributed by atoms with Gasteiger partial charge in [-0.1, -0.05) is 36.4 Å². The summed E-state index contributed by atoms with van der Waals surface area (Å²) in [5.74, 6) is -0.507. The number of para-hydroxylation sites is 1. The maximum atomic E-state index is 11.2. The van der Waals surface area contributed by atoms with Crippen molar-refractivity contribution in [2.45, 2.75) is 12.3 Å². The van der Waals surface area contributed by atoms with Crippen molar-refractivity contribution < 1.29 is 9.90 Å². The standard InChI is InChI=1S/C17H18N2O2/c18-16-14(17(20)21)7-4-8-15(16)19-10-9-13(11-19)12-5-2-1-3-6-12/h1-8,13H,9-11,18H2,(H,20,21). The predicted octanol–water partition coefficient (Wildman–Crippen LogP) is 2.96. The lowest BCUT2D eigenvalue weighted by Crippen LogP contribution is -2.21. The summed E-state index contributed by atoms with van der Waals surface area (Å²) in [5.41, 5.74) is 8.72. The van der Waals surface area contributed by atoms with Crippen molar-refractivity contribution in [2.75, 3.05) is 23.7 Å². The molecule has 0 amide bonds. The number of carbonyl (C=O) groups is 1. The molecule has 1 unspecified atom stereocenters. The van der Waals surface area contributed by atoms with Crippen molar-refractivity contribution >= 4 is 17.3 Å². The van der Waals surface area contributed by atoms with Gasteiger partial charge in [0.15, 0.2) is 0 Å². The molecule has 108 valence electrons. The van der Waals surface area contributed by atoms with E-state index in [9.17, 15) is 4.79 Å². The lowest BCUT2D eigenvalue weighted by molar-refractivity contribution is 0.0698. The second-order valence-corrected chi connectivity index (χ2v) is 5.39. The molecule has 2 aromatic carbocycles. The summed E-state index contributed by atoms with van der Waals surface area (Å²) < 4.78 is 0. The first kappa shape index (κ1) is 13.5. The summed E-state index contributed by atoms with van der Waals surface area (Å²) in [4.78, 5) is 13.4. The van der Waals surface area contributed by atoms with E-state index in [1.165, 1.54) is 5.56 Å². The average Bonchev–Trinajstić information content (AvgIpc) is 2.98. The van der Waals surface area contributed by atoms with Gasteiger partial charge in [-0.15, -0.1) is 0 Å². The molecule has 0 radical (unpaired) electrons. The van der Waals surface area contributed by atoms with Crippen molar-refractivity contribution in [2.24, 2.45) is 0 Å². The third kappa shape index (κ3) is 2.57. The van der Waals surface area contributed by atoms with Crippen LogP contribution in [-0.2, 0) is 0 Å². The lowest BCUT2D eigenvalue weighted by Gasteiger charge is -2.21. The molecule has 2 aromatic rings. The second kappa shape index (κ2) is 5.48. The van der Waals surface area contributed by atoms with Gasteiger partial charge >= 0.3 is 5.97 Å². The normalized spacial score (nSPS) is 17.9. The maximum absolute atomic E-state index is 11.2. The van der Waals surface area contributed by atoms with Crippen LogP contribution in [0.1, 0.15) is 28.3 Å². The fourth-order valence-corrected chi connectivity index (χ4v) is 2.99. The third-order valence-electron chi connectivity index (χ3n) is 4.11. The van der Waals surface area contributed by atoms with Crippen LogP contribution in [0.5, 0.6) is 0 Å². The van der Waals surface area contributed by atoms with Gasteiger partial charge in [0.25, 0.3) is 0 Å². The monoisotopic (exact) mass is 282 g/mol. The topological polar surface area (TPSA) is 66.6 Å². The molecule has 1 heterocycles. The minimum Gasteiger partial charge on any atom is -0.478 e. The van der Waals surface area contributed by atoms with Crippen LogP contribution in [0.3, 0.4) is 0 Å². The van der Waals surface area contributed by atoms with Crippen molar-refractivity contribution in [3.63, 3.8) is 0 Å². The fourth-order valence-electron chi connectivity index (χ4n) is 2.99. The van der Waals surface area contributed by atoms with E-state index in [4.69, 9.17) is 10.8 Å². The summed E-state index contributed by atoms with van der Waals surface area (Å²) in [6, 6.07) is 15.6. The summed E-state index contributed by atoms with van der Waals surface area (Å²) >= 11 is 0. The highest BCUT2D eigenvalue weighted by Crippen LogP contribution is 2.34. The van der Waals surface area contributed by atoms with Crippen molar-refractivity contribution in [3.8, 4) is 0 Å². The van der Waals surface area contributed by atoms with Gasteiger partial charge in [0.1, 0.15) is 0 Å². The first-order chi connectivity index (χ1) is 10.2. The van der Waals surface area contributed by atoms with Crippen LogP contribution in [0, 0.1) is 0 Å². The number of benzene rings is 2. The summed E-state index contributed by atoms with van der Waals surface area (Å²) in [7, 11) is 0. The largest absolute Gasteiger partial charge is 0.478 e. The third-order valence-corrected chi connectivity index (χ3v) is 4.11. The number of carboxylic acid groups (broad SMARTS) is 1. The highest BCUT2D eigenvalue weighted by atomic mass is 16.4. The Labute approximate surface area is 123 Å². The maximum Gasteiger partial charge on any atom is 0.337 e. The molecule has 1 atom stereocenters. The zero-order valence-electron chi connectivity index (χ0n) is 11.7. The molecule has 0 spiro atoms. The van der Waals surface area contributed by atoms with Crippen LogP contribution < -0.4 is 10.6 Å². The van der Waals surface area contributed by atoms with Crippen LogP contribution in [-0.4, -0.2) is 24.2 Å². The van der Waals surface area contributed by atoms with Gasteiger partial charge in [-0.25, -0.2) is 4.79 Å². The SMILES string of the molecule is Nc1c(C(=O)O)cccc1N1CCC(c2ccccc2)C1. The van der Waals surface area contributed by atoms with Gasteiger partial charge in [-0.05, 0) is 24.1 Å². The van der Waals surface area contributed by atoms with Gasteiger partial charge in [-0.3, -0.25) is 0 Å². The highest BCUT2D eigenvalue weighted by Gasteiger charge is 2.26. The minimum atomic E-state index is -0.979. The van der Waals surface area contributed by atoms with Crippen molar-refractivity contribution in [1.29, 1.82) is 0 Å². The van der Waals surface area contributed by atoms with Crippen molar-refractivity contribution in [1.82, 2.24) is 0 Å². The van der Waals surface area contributed by atoms with E-state index < -0.39 is 5.97 Å². The van der Waals surface area contributed by atoms with Crippen LogP contribution >= 0.6 is 0 Å². The van der Waals surface area contributed by atoms with E-state index >= 15 is 0 Å². The lowest BCUT2D eigenvalue weighted by atomic mass is 9.99. The molecule has 21 heavy (non-hydrogen) atoms.